The lowest BCUT2D eigenvalue weighted by atomic mass is 10.1. The molecule has 1 rings (SSSR count). The van der Waals surface area contributed by atoms with Gasteiger partial charge in [-0.1, -0.05) is 0 Å². The molecule has 1 fully saturated rings. The molecule has 1 saturated heterocycles. The molecule has 1 aliphatic heterocycles. The molecule has 0 unspecified atom stereocenters. The van der Waals surface area contributed by atoms with E-state index in [1.807, 2.05) is 0 Å². The van der Waals surface area contributed by atoms with Crippen molar-refractivity contribution in [1.82, 2.24) is 0 Å². The fourth-order valence-electron chi connectivity index (χ4n) is 1.48. The van der Waals surface area contributed by atoms with Crippen molar-refractivity contribution in [2.45, 2.75) is 42.7 Å². The molecule has 0 aromatic carbocycles. The van der Waals surface area contributed by atoms with Crippen molar-refractivity contribution in [1.29, 1.82) is 0 Å². The van der Waals surface area contributed by atoms with Crippen LogP contribution in [0.3, 0.4) is 0 Å². The maximum atomic E-state index is 12.2. The van der Waals surface area contributed by atoms with Gasteiger partial charge in [-0.3, -0.25) is 4.18 Å². The van der Waals surface area contributed by atoms with E-state index in [-0.39, 0.29) is 6.42 Å². The van der Waals surface area contributed by atoms with E-state index < -0.39 is 39.5 Å². The van der Waals surface area contributed by atoms with Crippen LogP contribution in [0.1, 0.15) is 13.3 Å². The summed E-state index contributed by atoms with van der Waals surface area (Å²) in [6, 6.07) is 0. The smallest absolute Gasteiger partial charge is 0.356 e. The van der Waals surface area contributed by atoms with E-state index in [0.717, 1.165) is 0 Å². The van der Waals surface area contributed by atoms with Gasteiger partial charge in [-0.15, -0.1) is 11.6 Å². The average molecular weight is 313 g/mol. The van der Waals surface area contributed by atoms with Crippen LogP contribution in [0, 0.1) is 0 Å². The van der Waals surface area contributed by atoms with E-state index in [1.54, 1.807) is 0 Å². The lowest BCUT2D eigenvalue weighted by molar-refractivity contribution is -0.200. The zero-order valence-corrected chi connectivity index (χ0v) is 11.1. The third-order valence-electron chi connectivity index (χ3n) is 2.39. The molecular weight excluding hydrogens is 301 g/mol. The van der Waals surface area contributed by atoms with Crippen molar-refractivity contribution in [3.8, 4) is 0 Å². The fourth-order valence-corrected chi connectivity index (χ4v) is 2.63. The van der Waals surface area contributed by atoms with Crippen LogP contribution in [-0.4, -0.2) is 44.9 Å². The van der Waals surface area contributed by atoms with Crippen molar-refractivity contribution in [2.24, 2.45) is 0 Å². The molecule has 0 aromatic heterocycles. The lowest BCUT2D eigenvalue weighted by Crippen LogP contribution is -2.48. The Kier molecular flexibility index (Phi) is 4.87. The molecule has 0 spiro atoms. The van der Waals surface area contributed by atoms with Gasteiger partial charge in [0.05, 0.1) is 11.5 Å². The molecule has 1 heterocycles. The van der Waals surface area contributed by atoms with Crippen LogP contribution < -0.4 is 0 Å². The Balaban J connectivity index is 2.79. The molecule has 0 aliphatic carbocycles. The molecule has 0 aromatic rings. The highest BCUT2D eigenvalue weighted by molar-refractivity contribution is 7.87. The van der Waals surface area contributed by atoms with Crippen LogP contribution in [0.5, 0.6) is 0 Å². The first-order chi connectivity index (χ1) is 8.08. The summed E-state index contributed by atoms with van der Waals surface area (Å²) in [5, 5.41) is -0.962. The number of halogens is 4. The second-order valence-corrected chi connectivity index (χ2v) is 5.84. The normalized spacial score (nSPS) is 34.6. The molecule has 0 radical (unpaired) electrons. The highest BCUT2D eigenvalue weighted by atomic mass is 35.5. The predicted molar refractivity (Wildman–Crippen MR) is 55.4 cm³/mol. The standard InChI is InChI=1S/C8H12ClF3O5S/c1-4-7(5(9)3-6(15-2)16-4)17-18(13,14)8(10,11)12/h4-7H,3H2,1-2H3/t4-,5-,6+,7-/m0/s1. The molecule has 4 atom stereocenters. The molecule has 10 heteroatoms. The van der Waals surface area contributed by atoms with Crippen LogP contribution in [0.4, 0.5) is 13.2 Å². The summed E-state index contributed by atoms with van der Waals surface area (Å²) in [7, 11) is -4.35. The van der Waals surface area contributed by atoms with Crippen molar-refractivity contribution in [3.05, 3.63) is 0 Å². The van der Waals surface area contributed by atoms with Crippen LogP contribution in [-0.2, 0) is 23.8 Å². The second kappa shape index (κ2) is 5.49. The molecule has 0 N–H and O–H groups in total. The minimum atomic E-state index is -5.69. The molecule has 108 valence electrons. The fraction of sp³-hybridized carbons (Fsp3) is 1.00. The Bertz CT molecular complexity index is 373. The van der Waals surface area contributed by atoms with Crippen LogP contribution >= 0.6 is 11.6 Å². The molecule has 0 saturated carbocycles. The molecular formula is C8H12ClF3O5S. The van der Waals surface area contributed by atoms with Crippen LogP contribution in [0.25, 0.3) is 0 Å². The average Bonchev–Trinajstić information content (AvgIpc) is 2.21. The van der Waals surface area contributed by atoms with Crippen LogP contribution in [0.15, 0.2) is 0 Å². The van der Waals surface area contributed by atoms with Gasteiger partial charge < -0.3 is 9.47 Å². The maximum Gasteiger partial charge on any atom is 0.523 e. The number of alkyl halides is 4. The summed E-state index contributed by atoms with van der Waals surface area (Å²) in [5.41, 5.74) is -5.48. The largest absolute Gasteiger partial charge is 0.523 e. The van der Waals surface area contributed by atoms with Gasteiger partial charge in [0.15, 0.2) is 6.29 Å². The first kappa shape index (κ1) is 16.0. The van der Waals surface area contributed by atoms with Gasteiger partial charge in [0, 0.05) is 13.5 Å². The predicted octanol–water partition coefficient (Wildman–Crippen LogP) is 1.61. The molecule has 1 aliphatic rings. The van der Waals surface area contributed by atoms with Crippen molar-refractivity contribution in [2.75, 3.05) is 7.11 Å². The highest BCUT2D eigenvalue weighted by Crippen LogP contribution is 2.32. The summed E-state index contributed by atoms with van der Waals surface area (Å²) in [6.45, 7) is 1.36. The monoisotopic (exact) mass is 312 g/mol. The first-order valence-corrected chi connectivity index (χ1v) is 6.75. The minimum Gasteiger partial charge on any atom is -0.356 e. The maximum absolute atomic E-state index is 12.2. The Morgan fingerprint density at radius 3 is 2.33 bits per heavy atom. The minimum absolute atomic E-state index is 0.0282. The molecule has 0 amide bonds. The SMILES string of the molecule is CO[C@H]1C[C@H](Cl)[C@@H](OS(=O)(=O)C(F)(F)F)[C@H](C)O1. The highest BCUT2D eigenvalue weighted by Gasteiger charge is 2.51. The Labute approximate surface area is 107 Å². The van der Waals surface area contributed by atoms with Crippen molar-refractivity contribution in [3.63, 3.8) is 0 Å². The zero-order chi connectivity index (χ0) is 14.1. The third kappa shape index (κ3) is 3.47. The quantitative estimate of drug-likeness (QED) is 0.450. The summed E-state index contributed by atoms with van der Waals surface area (Å²) in [4.78, 5) is 0. The van der Waals surface area contributed by atoms with Gasteiger partial charge in [-0.05, 0) is 6.92 Å². The number of hydrogen-bond donors (Lipinski definition) is 0. The van der Waals surface area contributed by atoms with E-state index in [9.17, 15) is 21.6 Å². The second-order valence-electron chi connectivity index (χ2n) is 3.72. The summed E-state index contributed by atoms with van der Waals surface area (Å²) in [6.07, 6.45) is -3.02. The molecule has 18 heavy (non-hydrogen) atoms. The van der Waals surface area contributed by atoms with Crippen molar-refractivity contribution < 1.29 is 35.2 Å². The van der Waals surface area contributed by atoms with E-state index in [1.165, 1.54) is 14.0 Å². The van der Waals surface area contributed by atoms with Crippen molar-refractivity contribution >= 4 is 21.7 Å². The Hall–Kier alpha value is -0.0900. The number of hydrogen-bond acceptors (Lipinski definition) is 5. The Morgan fingerprint density at radius 1 is 1.39 bits per heavy atom. The summed E-state index contributed by atoms with van der Waals surface area (Å²) in [5.74, 6) is 0. The number of rotatable bonds is 3. The lowest BCUT2D eigenvalue weighted by Gasteiger charge is -2.36. The van der Waals surface area contributed by atoms with Gasteiger partial charge in [0.1, 0.15) is 6.10 Å². The van der Waals surface area contributed by atoms with Crippen LogP contribution in [0.2, 0.25) is 0 Å². The van der Waals surface area contributed by atoms with E-state index in [2.05, 4.69) is 4.18 Å². The number of methoxy groups -OCH3 is 1. The van der Waals surface area contributed by atoms with Gasteiger partial charge in [-0.25, -0.2) is 0 Å². The van der Waals surface area contributed by atoms with Gasteiger partial charge in [0.2, 0.25) is 0 Å². The number of ether oxygens (including phenoxy) is 2. The Morgan fingerprint density at radius 2 is 1.94 bits per heavy atom. The topological polar surface area (TPSA) is 61.8 Å². The molecule has 0 bridgehead atoms. The summed E-state index contributed by atoms with van der Waals surface area (Å²) >= 11 is 5.79. The molecule has 5 nitrogen and oxygen atoms in total. The zero-order valence-electron chi connectivity index (χ0n) is 9.48. The summed E-state index contributed by atoms with van der Waals surface area (Å²) < 4.78 is 72.3. The van der Waals surface area contributed by atoms with Gasteiger partial charge in [0.25, 0.3) is 0 Å². The first-order valence-electron chi connectivity index (χ1n) is 4.90. The van der Waals surface area contributed by atoms with Gasteiger partial charge in [-0.2, -0.15) is 21.6 Å². The van der Waals surface area contributed by atoms with E-state index in [0.29, 0.717) is 0 Å². The third-order valence-corrected chi connectivity index (χ3v) is 3.86. The van der Waals surface area contributed by atoms with E-state index in [4.69, 9.17) is 21.1 Å². The van der Waals surface area contributed by atoms with E-state index >= 15 is 0 Å². The van der Waals surface area contributed by atoms with Gasteiger partial charge >= 0.3 is 15.6 Å².